The van der Waals surface area contributed by atoms with Gasteiger partial charge in [-0.2, -0.15) is 17.4 Å². The third-order valence-corrected chi connectivity index (χ3v) is 8.88. The van der Waals surface area contributed by atoms with Gasteiger partial charge in [0.15, 0.2) is 5.82 Å². The Bertz CT molecular complexity index is 978. The SMILES string of the molecule is COC(=O)N1[C@H](C)C[C@H](NS(=O)(=O)N(C)C)[C@@H]1CO[C@H]1CC[C@@]2(c3ncc(F)cn3)C[C@H]2C1. The van der Waals surface area contributed by atoms with Crippen LogP contribution in [0.3, 0.4) is 0 Å². The Kier molecular flexibility index (Phi) is 6.64. The minimum absolute atomic E-state index is 0.00687. The van der Waals surface area contributed by atoms with E-state index in [9.17, 15) is 17.6 Å². The number of amides is 1. The Labute approximate surface area is 194 Å². The maximum absolute atomic E-state index is 13.2. The van der Waals surface area contributed by atoms with Gasteiger partial charge < -0.3 is 9.47 Å². The molecule has 10 nitrogen and oxygen atoms in total. The summed E-state index contributed by atoms with van der Waals surface area (Å²) >= 11 is 0. The lowest BCUT2D eigenvalue weighted by Crippen LogP contribution is -2.52. The Hall–Kier alpha value is -1.89. The number of halogens is 1. The van der Waals surface area contributed by atoms with E-state index in [4.69, 9.17) is 9.47 Å². The predicted octanol–water partition coefficient (Wildman–Crippen LogP) is 1.44. The lowest BCUT2D eigenvalue weighted by Gasteiger charge is -2.33. The van der Waals surface area contributed by atoms with E-state index in [1.807, 2.05) is 6.92 Å². The Balaban J connectivity index is 1.41. The van der Waals surface area contributed by atoms with E-state index in [0.29, 0.717) is 18.2 Å². The molecule has 0 bridgehead atoms. The first kappa shape index (κ1) is 24.2. The number of likely N-dealkylation sites (tertiary alicyclic amines) is 1. The molecule has 2 aliphatic carbocycles. The Morgan fingerprint density at radius 1 is 1.33 bits per heavy atom. The zero-order chi connectivity index (χ0) is 24.0. The number of aromatic nitrogens is 2. The summed E-state index contributed by atoms with van der Waals surface area (Å²) in [6.45, 7) is 2.08. The first-order valence-corrected chi connectivity index (χ1v) is 12.7. The maximum Gasteiger partial charge on any atom is 0.410 e. The minimum atomic E-state index is -3.67. The number of fused-ring (bicyclic) bond motifs is 1. The summed E-state index contributed by atoms with van der Waals surface area (Å²) in [6.07, 6.45) is 5.83. The topological polar surface area (TPSA) is 114 Å². The lowest BCUT2D eigenvalue weighted by molar-refractivity contribution is -0.0103. The molecule has 184 valence electrons. The fourth-order valence-electron chi connectivity index (χ4n) is 5.39. The van der Waals surface area contributed by atoms with Gasteiger partial charge in [0.2, 0.25) is 0 Å². The molecule has 3 aliphatic rings. The van der Waals surface area contributed by atoms with Gasteiger partial charge in [-0.25, -0.2) is 19.2 Å². The van der Waals surface area contributed by atoms with E-state index in [0.717, 1.165) is 30.0 Å². The van der Waals surface area contributed by atoms with Crippen molar-refractivity contribution in [2.75, 3.05) is 27.8 Å². The van der Waals surface area contributed by atoms with Crippen LogP contribution in [0, 0.1) is 11.7 Å². The van der Waals surface area contributed by atoms with Gasteiger partial charge in [0.25, 0.3) is 10.2 Å². The smallest absolute Gasteiger partial charge is 0.410 e. The summed E-state index contributed by atoms with van der Waals surface area (Å²) in [6, 6.07) is -1.16. The third kappa shape index (κ3) is 4.71. The standard InChI is InChI=1S/C21H32FN5O5S/c1-13-7-17(25-33(29,30)26(2)3)18(27(13)20(28)31-4)12-32-16-5-6-21(9-14(21)8-16)19-23-10-15(22)11-24-19/h10-11,13-14,16-18,25H,5-9,12H2,1-4H3/t13-,14-,16+,17+,18+,21-/m1/s1. The zero-order valence-electron chi connectivity index (χ0n) is 19.4. The van der Waals surface area contributed by atoms with E-state index in [2.05, 4.69) is 14.7 Å². The molecule has 3 fully saturated rings. The van der Waals surface area contributed by atoms with Crippen molar-refractivity contribution in [3.63, 3.8) is 0 Å². The molecule has 33 heavy (non-hydrogen) atoms. The number of ether oxygens (including phenoxy) is 2. The van der Waals surface area contributed by atoms with Gasteiger partial charge in [-0.05, 0) is 44.9 Å². The molecular weight excluding hydrogens is 453 g/mol. The van der Waals surface area contributed by atoms with Gasteiger partial charge >= 0.3 is 6.09 Å². The van der Waals surface area contributed by atoms with Crippen LogP contribution in [0.1, 0.15) is 44.9 Å². The quantitative estimate of drug-likeness (QED) is 0.622. The fraction of sp³-hybridized carbons (Fsp3) is 0.762. The molecule has 1 aliphatic heterocycles. The number of carbonyl (C=O) groups is 1. The number of rotatable bonds is 7. The molecule has 2 heterocycles. The average Bonchev–Trinajstić information content (AvgIpc) is 3.42. The van der Waals surface area contributed by atoms with Crippen LogP contribution in [0.5, 0.6) is 0 Å². The average molecular weight is 486 g/mol. The van der Waals surface area contributed by atoms with Crippen LogP contribution in [-0.2, 0) is 25.1 Å². The summed E-state index contributed by atoms with van der Waals surface area (Å²) in [5, 5.41) is 0. The van der Waals surface area contributed by atoms with Gasteiger partial charge in [0.1, 0.15) is 5.82 Å². The summed E-state index contributed by atoms with van der Waals surface area (Å²) < 4.78 is 53.1. The minimum Gasteiger partial charge on any atom is -0.453 e. The van der Waals surface area contributed by atoms with Crippen molar-refractivity contribution in [3.8, 4) is 0 Å². The van der Waals surface area contributed by atoms with Crippen LogP contribution < -0.4 is 4.72 Å². The van der Waals surface area contributed by atoms with E-state index >= 15 is 0 Å². The van der Waals surface area contributed by atoms with Crippen molar-refractivity contribution < 1.29 is 27.1 Å². The van der Waals surface area contributed by atoms with Gasteiger partial charge in [0.05, 0.1) is 38.3 Å². The van der Waals surface area contributed by atoms with Crippen molar-refractivity contribution in [2.24, 2.45) is 5.92 Å². The highest BCUT2D eigenvalue weighted by Gasteiger charge is 2.60. The number of hydrogen-bond acceptors (Lipinski definition) is 7. The van der Waals surface area contributed by atoms with E-state index in [-0.39, 0.29) is 24.2 Å². The third-order valence-electron chi connectivity index (χ3n) is 7.32. The highest BCUT2D eigenvalue weighted by Crippen LogP contribution is 2.61. The van der Waals surface area contributed by atoms with E-state index in [1.54, 1.807) is 4.90 Å². The van der Waals surface area contributed by atoms with E-state index in [1.165, 1.54) is 33.6 Å². The molecule has 0 unspecified atom stereocenters. The number of carbonyl (C=O) groups excluding carboxylic acids is 1. The van der Waals surface area contributed by atoms with Crippen LogP contribution in [0.4, 0.5) is 9.18 Å². The monoisotopic (exact) mass is 485 g/mol. The number of hydrogen-bond donors (Lipinski definition) is 1. The molecule has 1 aromatic rings. The summed E-state index contributed by atoms with van der Waals surface area (Å²) in [7, 11) is 0.557. The summed E-state index contributed by atoms with van der Waals surface area (Å²) in [5.41, 5.74) is -0.0859. The predicted molar refractivity (Wildman–Crippen MR) is 117 cm³/mol. The highest BCUT2D eigenvalue weighted by molar-refractivity contribution is 7.87. The van der Waals surface area contributed by atoms with Crippen LogP contribution in [0.2, 0.25) is 0 Å². The molecule has 0 spiro atoms. The molecule has 1 aromatic heterocycles. The lowest BCUT2D eigenvalue weighted by atomic mass is 9.86. The first-order valence-electron chi connectivity index (χ1n) is 11.2. The molecule has 0 radical (unpaired) electrons. The number of nitrogens with one attached hydrogen (secondary N) is 1. The highest BCUT2D eigenvalue weighted by atomic mass is 32.2. The van der Waals surface area contributed by atoms with Crippen molar-refractivity contribution in [1.82, 2.24) is 23.9 Å². The molecule has 1 saturated heterocycles. The fourth-order valence-corrected chi connectivity index (χ4v) is 6.24. The largest absolute Gasteiger partial charge is 0.453 e. The molecule has 1 amide bonds. The van der Waals surface area contributed by atoms with Gasteiger partial charge in [-0.1, -0.05) is 0 Å². The zero-order valence-corrected chi connectivity index (χ0v) is 20.2. The van der Waals surface area contributed by atoms with Crippen molar-refractivity contribution in [3.05, 3.63) is 24.0 Å². The van der Waals surface area contributed by atoms with Crippen molar-refractivity contribution in [1.29, 1.82) is 0 Å². The van der Waals surface area contributed by atoms with Crippen LogP contribution in [0.15, 0.2) is 12.4 Å². The molecule has 1 N–H and O–H groups in total. The number of nitrogens with zero attached hydrogens (tertiary/aromatic N) is 4. The van der Waals surface area contributed by atoms with Crippen LogP contribution in [0.25, 0.3) is 0 Å². The summed E-state index contributed by atoms with van der Waals surface area (Å²) in [5.74, 6) is 0.640. The first-order chi connectivity index (χ1) is 15.6. The maximum atomic E-state index is 13.2. The second-order valence-electron chi connectivity index (χ2n) is 9.55. The Morgan fingerprint density at radius 3 is 2.64 bits per heavy atom. The van der Waals surface area contributed by atoms with Crippen LogP contribution >= 0.6 is 0 Å². The van der Waals surface area contributed by atoms with Crippen molar-refractivity contribution in [2.45, 2.75) is 68.7 Å². The molecule has 6 atom stereocenters. The summed E-state index contributed by atoms with van der Waals surface area (Å²) in [4.78, 5) is 22.4. The molecule has 2 saturated carbocycles. The number of methoxy groups -OCH3 is 1. The van der Waals surface area contributed by atoms with Gasteiger partial charge in [-0.3, -0.25) is 4.90 Å². The molecule has 12 heteroatoms. The van der Waals surface area contributed by atoms with Gasteiger partial charge in [0, 0.05) is 31.6 Å². The van der Waals surface area contributed by atoms with Crippen molar-refractivity contribution >= 4 is 16.3 Å². The van der Waals surface area contributed by atoms with E-state index < -0.39 is 34.2 Å². The second-order valence-corrected chi connectivity index (χ2v) is 11.5. The molecule has 0 aromatic carbocycles. The Morgan fingerprint density at radius 2 is 2.03 bits per heavy atom. The normalized spacial score (nSPS) is 33.8. The van der Waals surface area contributed by atoms with Gasteiger partial charge in [-0.15, -0.1) is 0 Å². The second kappa shape index (κ2) is 9.05. The van der Waals surface area contributed by atoms with Crippen LogP contribution in [-0.4, -0.2) is 85.7 Å². The molecular formula is C21H32FN5O5S. The molecule has 4 rings (SSSR count).